The summed E-state index contributed by atoms with van der Waals surface area (Å²) in [5.41, 5.74) is 1.03. The number of hydrogen-bond donors (Lipinski definition) is 1. The number of piperazine rings is 1. The topological polar surface area (TPSA) is 61.9 Å². The number of carbonyl (C=O) groups is 2. The van der Waals surface area contributed by atoms with E-state index in [-0.39, 0.29) is 36.2 Å². The van der Waals surface area contributed by atoms with Crippen LogP contribution in [0.5, 0.6) is 5.75 Å². The SMILES string of the molecule is COc1ccccc1C1CNCCN1C(=O)C1CCN(C(C)=O)C1.Cl. The fourth-order valence-electron chi connectivity index (χ4n) is 3.67. The van der Waals surface area contributed by atoms with Crippen molar-refractivity contribution in [2.45, 2.75) is 19.4 Å². The number of para-hydroxylation sites is 1. The van der Waals surface area contributed by atoms with Crippen molar-refractivity contribution >= 4 is 24.2 Å². The van der Waals surface area contributed by atoms with Crippen LogP contribution in [-0.4, -0.2) is 61.4 Å². The summed E-state index contributed by atoms with van der Waals surface area (Å²) in [4.78, 5) is 28.3. The summed E-state index contributed by atoms with van der Waals surface area (Å²) in [5, 5.41) is 3.37. The highest BCUT2D eigenvalue weighted by Crippen LogP contribution is 2.32. The first-order chi connectivity index (χ1) is 11.6. The molecule has 0 aromatic heterocycles. The van der Waals surface area contributed by atoms with Gasteiger partial charge < -0.3 is 19.9 Å². The Hall–Kier alpha value is -1.79. The number of carbonyl (C=O) groups excluding carboxylic acids is 2. The highest BCUT2D eigenvalue weighted by molar-refractivity contribution is 5.85. The van der Waals surface area contributed by atoms with E-state index in [9.17, 15) is 9.59 Å². The maximum atomic E-state index is 13.1. The first kappa shape index (κ1) is 19.5. The Morgan fingerprint density at radius 2 is 2.00 bits per heavy atom. The minimum absolute atomic E-state index is 0. The van der Waals surface area contributed by atoms with E-state index in [0.29, 0.717) is 19.6 Å². The lowest BCUT2D eigenvalue weighted by Crippen LogP contribution is -2.51. The second-order valence-corrected chi connectivity index (χ2v) is 6.44. The second-order valence-electron chi connectivity index (χ2n) is 6.44. The standard InChI is InChI=1S/C18H25N3O3.ClH/c1-13(22)20-9-7-14(12-20)18(23)21-10-8-19-11-16(21)15-5-3-4-6-17(15)24-2;/h3-6,14,16,19H,7-12H2,1-2H3;1H. The molecule has 0 radical (unpaired) electrons. The van der Waals surface area contributed by atoms with Crippen LogP contribution in [-0.2, 0) is 9.59 Å². The number of halogens is 1. The molecular formula is C18H26ClN3O3. The minimum atomic E-state index is -0.0933. The highest BCUT2D eigenvalue weighted by atomic mass is 35.5. The van der Waals surface area contributed by atoms with Gasteiger partial charge in [0.2, 0.25) is 11.8 Å². The van der Waals surface area contributed by atoms with Gasteiger partial charge in [-0.1, -0.05) is 18.2 Å². The number of hydrogen-bond acceptors (Lipinski definition) is 4. The summed E-state index contributed by atoms with van der Waals surface area (Å²) in [6, 6.07) is 7.83. The highest BCUT2D eigenvalue weighted by Gasteiger charge is 2.37. The normalized spacial score (nSPS) is 23.1. The van der Waals surface area contributed by atoms with E-state index in [0.717, 1.165) is 30.8 Å². The zero-order chi connectivity index (χ0) is 17.1. The van der Waals surface area contributed by atoms with Gasteiger partial charge in [-0.3, -0.25) is 9.59 Å². The van der Waals surface area contributed by atoms with Gasteiger partial charge in [0.05, 0.1) is 19.1 Å². The van der Waals surface area contributed by atoms with E-state index in [1.54, 1.807) is 18.9 Å². The largest absolute Gasteiger partial charge is 0.496 e. The van der Waals surface area contributed by atoms with Crippen molar-refractivity contribution in [1.82, 2.24) is 15.1 Å². The molecule has 0 aliphatic carbocycles. The predicted molar refractivity (Wildman–Crippen MR) is 97.9 cm³/mol. The van der Waals surface area contributed by atoms with Crippen molar-refractivity contribution in [3.8, 4) is 5.75 Å². The van der Waals surface area contributed by atoms with Gasteiger partial charge in [-0.15, -0.1) is 12.4 Å². The number of nitrogens with one attached hydrogen (secondary N) is 1. The molecule has 1 aromatic carbocycles. The van der Waals surface area contributed by atoms with Crippen molar-refractivity contribution in [2.24, 2.45) is 5.92 Å². The molecule has 2 saturated heterocycles. The zero-order valence-electron chi connectivity index (χ0n) is 14.7. The number of ether oxygens (including phenoxy) is 1. The Kier molecular flexibility index (Phi) is 6.67. The number of benzene rings is 1. The second kappa shape index (κ2) is 8.54. The number of methoxy groups -OCH3 is 1. The molecule has 2 unspecified atom stereocenters. The summed E-state index contributed by atoms with van der Waals surface area (Å²) >= 11 is 0. The molecule has 2 aliphatic rings. The van der Waals surface area contributed by atoms with Gasteiger partial charge in [-0.25, -0.2) is 0 Å². The summed E-state index contributed by atoms with van der Waals surface area (Å²) in [6.07, 6.45) is 0.751. The Balaban J connectivity index is 0.00000225. The fraction of sp³-hybridized carbons (Fsp3) is 0.556. The molecule has 6 nitrogen and oxygen atoms in total. The number of rotatable bonds is 3. The van der Waals surface area contributed by atoms with Crippen LogP contribution in [0.4, 0.5) is 0 Å². The molecule has 25 heavy (non-hydrogen) atoms. The lowest BCUT2D eigenvalue weighted by atomic mass is 9.99. The molecule has 2 aliphatic heterocycles. The molecule has 0 saturated carbocycles. The molecule has 7 heteroatoms. The predicted octanol–water partition coefficient (Wildman–Crippen LogP) is 1.46. The third-order valence-corrected chi connectivity index (χ3v) is 5.01. The van der Waals surface area contributed by atoms with E-state index in [4.69, 9.17) is 4.74 Å². The monoisotopic (exact) mass is 367 g/mol. The van der Waals surface area contributed by atoms with Crippen LogP contribution in [0.2, 0.25) is 0 Å². The number of nitrogens with zero attached hydrogens (tertiary/aromatic N) is 2. The zero-order valence-corrected chi connectivity index (χ0v) is 15.6. The van der Waals surface area contributed by atoms with Crippen LogP contribution >= 0.6 is 12.4 Å². The van der Waals surface area contributed by atoms with Crippen LogP contribution in [0.1, 0.15) is 24.9 Å². The molecule has 0 bridgehead atoms. The van der Waals surface area contributed by atoms with Gasteiger partial charge in [0, 0.05) is 45.2 Å². The fourth-order valence-corrected chi connectivity index (χ4v) is 3.67. The van der Waals surface area contributed by atoms with Crippen molar-refractivity contribution in [3.05, 3.63) is 29.8 Å². The van der Waals surface area contributed by atoms with Crippen LogP contribution in [0.15, 0.2) is 24.3 Å². The summed E-state index contributed by atoms with van der Waals surface area (Å²) < 4.78 is 5.48. The van der Waals surface area contributed by atoms with Crippen LogP contribution in [0.3, 0.4) is 0 Å². The van der Waals surface area contributed by atoms with E-state index in [1.807, 2.05) is 29.2 Å². The average molecular weight is 368 g/mol. The molecule has 138 valence electrons. The minimum Gasteiger partial charge on any atom is -0.496 e. The maximum absolute atomic E-state index is 13.1. The summed E-state index contributed by atoms with van der Waals surface area (Å²) in [7, 11) is 1.66. The van der Waals surface area contributed by atoms with Crippen molar-refractivity contribution in [3.63, 3.8) is 0 Å². The molecule has 2 fully saturated rings. The summed E-state index contributed by atoms with van der Waals surface area (Å²) in [6.45, 7) is 4.97. The third-order valence-electron chi connectivity index (χ3n) is 5.01. The smallest absolute Gasteiger partial charge is 0.228 e. The molecule has 2 amide bonds. The third kappa shape index (κ3) is 4.07. The first-order valence-corrected chi connectivity index (χ1v) is 8.51. The molecule has 1 N–H and O–H groups in total. The van der Waals surface area contributed by atoms with Gasteiger partial charge in [-0.05, 0) is 12.5 Å². The van der Waals surface area contributed by atoms with Crippen LogP contribution < -0.4 is 10.1 Å². The van der Waals surface area contributed by atoms with E-state index in [2.05, 4.69) is 5.32 Å². The number of likely N-dealkylation sites (tertiary alicyclic amines) is 1. The molecule has 0 spiro atoms. The van der Waals surface area contributed by atoms with Crippen molar-refractivity contribution < 1.29 is 14.3 Å². The number of amides is 2. The lowest BCUT2D eigenvalue weighted by molar-refractivity contribution is -0.138. The van der Waals surface area contributed by atoms with Crippen molar-refractivity contribution in [2.75, 3.05) is 39.8 Å². The van der Waals surface area contributed by atoms with Gasteiger partial charge in [0.25, 0.3) is 0 Å². The van der Waals surface area contributed by atoms with Gasteiger partial charge in [-0.2, -0.15) is 0 Å². The van der Waals surface area contributed by atoms with E-state index >= 15 is 0 Å². The van der Waals surface area contributed by atoms with Gasteiger partial charge in [0.1, 0.15) is 5.75 Å². The maximum Gasteiger partial charge on any atom is 0.228 e. The molecule has 3 rings (SSSR count). The van der Waals surface area contributed by atoms with Crippen molar-refractivity contribution in [1.29, 1.82) is 0 Å². The first-order valence-electron chi connectivity index (χ1n) is 8.51. The lowest BCUT2D eigenvalue weighted by Gasteiger charge is -2.38. The molecule has 2 heterocycles. The van der Waals surface area contributed by atoms with E-state index < -0.39 is 0 Å². The van der Waals surface area contributed by atoms with Gasteiger partial charge in [0.15, 0.2) is 0 Å². The Morgan fingerprint density at radius 3 is 2.68 bits per heavy atom. The Morgan fingerprint density at radius 1 is 1.24 bits per heavy atom. The average Bonchev–Trinajstić information content (AvgIpc) is 3.11. The van der Waals surface area contributed by atoms with Gasteiger partial charge >= 0.3 is 0 Å². The van der Waals surface area contributed by atoms with E-state index in [1.165, 1.54) is 0 Å². The summed E-state index contributed by atoms with van der Waals surface area (Å²) in [5.74, 6) is 0.910. The quantitative estimate of drug-likeness (QED) is 0.878. The molecule has 1 aromatic rings. The van der Waals surface area contributed by atoms with Crippen LogP contribution in [0, 0.1) is 5.92 Å². The Bertz CT molecular complexity index is 625. The molecular weight excluding hydrogens is 342 g/mol. The Labute approximate surface area is 154 Å². The molecule has 2 atom stereocenters. The van der Waals surface area contributed by atoms with Crippen LogP contribution in [0.25, 0.3) is 0 Å².